The van der Waals surface area contributed by atoms with Gasteiger partial charge in [-0.05, 0) is 32.0 Å². The SMILES string of the molecule is CCOC(=O)C(C)NS(=O)(=O)c1cc(C(=O)O)ccc1F. The smallest absolute Gasteiger partial charge is 0.335 e. The predicted molar refractivity (Wildman–Crippen MR) is 69.8 cm³/mol. The van der Waals surface area contributed by atoms with Crippen LogP contribution in [0, 0.1) is 5.82 Å². The van der Waals surface area contributed by atoms with Crippen LogP contribution in [-0.2, 0) is 19.6 Å². The van der Waals surface area contributed by atoms with Crippen molar-refractivity contribution in [1.82, 2.24) is 4.72 Å². The maximum atomic E-state index is 13.6. The number of hydrogen-bond acceptors (Lipinski definition) is 5. The van der Waals surface area contributed by atoms with Crippen LogP contribution in [0.25, 0.3) is 0 Å². The van der Waals surface area contributed by atoms with E-state index in [0.29, 0.717) is 6.07 Å². The van der Waals surface area contributed by atoms with E-state index in [-0.39, 0.29) is 12.2 Å². The second-order valence-electron chi connectivity index (χ2n) is 4.05. The molecule has 0 heterocycles. The third kappa shape index (κ3) is 4.23. The monoisotopic (exact) mass is 319 g/mol. The molecule has 9 heteroatoms. The largest absolute Gasteiger partial charge is 0.478 e. The summed E-state index contributed by atoms with van der Waals surface area (Å²) in [6, 6.07) is 1.11. The Bertz CT molecular complexity index is 658. The van der Waals surface area contributed by atoms with Gasteiger partial charge in [0.2, 0.25) is 10.0 Å². The second-order valence-corrected chi connectivity index (χ2v) is 5.73. The van der Waals surface area contributed by atoms with Crippen molar-refractivity contribution in [3.63, 3.8) is 0 Å². The molecule has 116 valence electrons. The van der Waals surface area contributed by atoms with E-state index in [1.165, 1.54) is 6.92 Å². The number of carboxylic acid groups (broad SMARTS) is 1. The van der Waals surface area contributed by atoms with Gasteiger partial charge in [-0.3, -0.25) is 4.79 Å². The highest BCUT2D eigenvalue weighted by Crippen LogP contribution is 2.17. The van der Waals surface area contributed by atoms with Crippen molar-refractivity contribution in [3.8, 4) is 0 Å². The number of carboxylic acids is 1. The quantitative estimate of drug-likeness (QED) is 0.749. The fourth-order valence-electron chi connectivity index (χ4n) is 1.45. The van der Waals surface area contributed by atoms with E-state index in [9.17, 15) is 22.4 Å². The van der Waals surface area contributed by atoms with Crippen molar-refractivity contribution >= 4 is 22.0 Å². The molecule has 1 aromatic carbocycles. The maximum Gasteiger partial charge on any atom is 0.335 e. The zero-order valence-corrected chi connectivity index (χ0v) is 12.1. The molecule has 1 aromatic rings. The van der Waals surface area contributed by atoms with Crippen molar-refractivity contribution in [3.05, 3.63) is 29.6 Å². The standard InChI is InChI=1S/C12H14FNO6S/c1-3-20-12(17)7(2)14-21(18,19)10-6-8(11(15)16)4-5-9(10)13/h4-7,14H,3H2,1-2H3,(H,15,16). The maximum absolute atomic E-state index is 13.6. The summed E-state index contributed by atoms with van der Waals surface area (Å²) in [7, 11) is -4.40. The van der Waals surface area contributed by atoms with Gasteiger partial charge in [-0.2, -0.15) is 4.72 Å². The van der Waals surface area contributed by atoms with Crippen LogP contribution < -0.4 is 4.72 Å². The first-order chi connectivity index (χ1) is 9.69. The number of hydrogen-bond donors (Lipinski definition) is 2. The number of aromatic carboxylic acids is 1. The van der Waals surface area contributed by atoms with Crippen molar-refractivity contribution < 1.29 is 32.2 Å². The lowest BCUT2D eigenvalue weighted by Crippen LogP contribution is -2.39. The third-order valence-electron chi connectivity index (χ3n) is 2.44. The van der Waals surface area contributed by atoms with Crippen molar-refractivity contribution in [1.29, 1.82) is 0 Å². The minimum atomic E-state index is -4.40. The summed E-state index contributed by atoms with van der Waals surface area (Å²) in [5.41, 5.74) is -0.388. The van der Waals surface area contributed by atoms with E-state index in [4.69, 9.17) is 5.11 Å². The molecule has 0 bridgehead atoms. The fourth-order valence-corrected chi connectivity index (χ4v) is 2.75. The molecule has 7 nitrogen and oxygen atoms in total. The van der Waals surface area contributed by atoms with E-state index in [2.05, 4.69) is 4.74 Å². The average Bonchev–Trinajstić information content (AvgIpc) is 2.38. The number of sulfonamides is 1. The topological polar surface area (TPSA) is 110 Å². The summed E-state index contributed by atoms with van der Waals surface area (Å²) in [5, 5.41) is 8.79. The van der Waals surface area contributed by atoms with E-state index in [1.807, 2.05) is 4.72 Å². The fraction of sp³-hybridized carbons (Fsp3) is 0.333. The van der Waals surface area contributed by atoms with Crippen molar-refractivity contribution in [2.24, 2.45) is 0 Å². The molecule has 0 spiro atoms. The number of rotatable bonds is 6. The molecule has 0 aliphatic heterocycles. The summed E-state index contributed by atoms with van der Waals surface area (Å²) in [5.74, 6) is -3.34. The van der Waals surface area contributed by atoms with Crippen molar-refractivity contribution in [2.45, 2.75) is 24.8 Å². The van der Waals surface area contributed by atoms with E-state index >= 15 is 0 Å². The Morgan fingerprint density at radius 1 is 1.43 bits per heavy atom. The van der Waals surface area contributed by atoms with Gasteiger partial charge in [-0.15, -0.1) is 0 Å². The predicted octanol–water partition coefficient (Wildman–Crippen LogP) is 0.754. The highest BCUT2D eigenvalue weighted by atomic mass is 32.2. The molecule has 0 aliphatic rings. The first kappa shape index (κ1) is 17.1. The van der Waals surface area contributed by atoms with E-state index in [0.717, 1.165) is 12.1 Å². The molecule has 21 heavy (non-hydrogen) atoms. The van der Waals surface area contributed by atoms with Crippen LogP contribution in [0.15, 0.2) is 23.1 Å². The molecule has 0 aliphatic carbocycles. The van der Waals surface area contributed by atoms with Crippen molar-refractivity contribution in [2.75, 3.05) is 6.61 Å². The molecule has 0 aromatic heterocycles. The molecule has 1 atom stereocenters. The molecule has 0 saturated heterocycles. The van der Waals surface area contributed by atoms with Crippen LogP contribution >= 0.6 is 0 Å². The van der Waals surface area contributed by atoms with Gasteiger partial charge < -0.3 is 9.84 Å². The molecule has 1 rings (SSSR count). The zero-order valence-electron chi connectivity index (χ0n) is 11.3. The molecule has 0 amide bonds. The van der Waals surface area contributed by atoms with E-state index < -0.39 is 38.7 Å². The summed E-state index contributed by atoms with van der Waals surface area (Å²) in [4.78, 5) is 21.3. The molecule has 0 fully saturated rings. The number of carbonyl (C=O) groups is 2. The van der Waals surface area contributed by atoms with E-state index in [1.54, 1.807) is 6.92 Å². The minimum absolute atomic E-state index is 0.0633. The molecular formula is C12H14FNO6S. The van der Waals surface area contributed by atoms with Gasteiger partial charge in [0.25, 0.3) is 0 Å². The molecule has 2 N–H and O–H groups in total. The van der Waals surface area contributed by atoms with Crippen LogP contribution in [0.1, 0.15) is 24.2 Å². The van der Waals surface area contributed by atoms with Crippen LogP contribution in [0.2, 0.25) is 0 Å². The molecule has 0 saturated carbocycles. The molecule has 1 unspecified atom stereocenters. The number of benzene rings is 1. The van der Waals surface area contributed by atoms with Crippen LogP contribution in [0.3, 0.4) is 0 Å². The Labute approximate surface area is 120 Å². The Kier molecular flexibility index (Phi) is 5.39. The third-order valence-corrected chi connectivity index (χ3v) is 4.00. The second kappa shape index (κ2) is 6.64. The van der Waals surface area contributed by atoms with Gasteiger partial charge in [0.15, 0.2) is 0 Å². The summed E-state index contributed by atoms with van der Waals surface area (Å²) in [6.45, 7) is 2.84. The number of halogens is 1. The Morgan fingerprint density at radius 3 is 2.57 bits per heavy atom. The van der Waals surface area contributed by atoms with Crippen LogP contribution in [-0.4, -0.2) is 38.1 Å². The highest BCUT2D eigenvalue weighted by molar-refractivity contribution is 7.89. The lowest BCUT2D eigenvalue weighted by atomic mass is 10.2. The van der Waals surface area contributed by atoms with Crippen LogP contribution in [0.5, 0.6) is 0 Å². The number of nitrogens with one attached hydrogen (secondary N) is 1. The summed E-state index contributed by atoms with van der Waals surface area (Å²) < 4.78 is 44.1. The number of ether oxygens (including phenoxy) is 1. The molecule has 0 radical (unpaired) electrons. The van der Waals surface area contributed by atoms with Crippen LogP contribution in [0.4, 0.5) is 4.39 Å². The Balaban J connectivity index is 3.11. The lowest BCUT2D eigenvalue weighted by Gasteiger charge is -2.13. The first-order valence-electron chi connectivity index (χ1n) is 5.91. The van der Waals surface area contributed by atoms with Gasteiger partial charge in [-0.25, -0.2) is 17.6 Å². The Hall–Kier alpha value is -2.00. The number of carbonyl (C=O) groups excluding carboxylic acids is 1. The summed E-state index contributed by atoms with van der Waals surface area (Å²) in [6.07, 6.45) is 0. The normalized spacial score (nSPS) is 12.7. The summed E-state index contributed by atoms with van der Waals surface area (Å²) >= 11 is 0. The lowest BCUT2D eigenvalue weighted by molar-refractivity contribution is -0.144. The minimum Gasteiger partial charge on any atom is -0.478 e. The average molecular weight is 319 g/mol. The number of esters is 1. The van der Waals surface area contributed by atoms with Gasteiger partial charge in [0, 0.05) is 0 Å². The van der Waals surface area contributed by atoms with Gasteiger partial charge >= 0.3 is 11.9 Å². The first-order valence-corrected chi connectivity index (χ1v) is 7.39. The van der Waals surface area contributed by atoms with Gasteiger partial charge in [0.05, 0.1) is 12.2 Å². The van der Waals surface area contributed by atoms with Gasteiger partial charge in [-0.1, -0.05) is 0 Å². The highest BCUT2D eigenvalue weighted by Gasteiger charge is 2.26. The Morgan fingerprint density at radius 2 is 2.05 bits per heavy atom. The molecular weight excluding hydrogens is 305 g/mol. The van der Waals surface area contributed by atoms with Gasteiger partial charge in [0.1, 0.15) is 16.8 Å². The zero-order chi connectivity index (χ0) is 16.2.